The van der Waals surface area contributed by atoms with Crippen molar-refractivity contribution in [3.05, 3.63) is 24.2 Å². The second kappa shape index (κ2) is 5.86. The van der Waals surface area contributed by atoms with Crippen LogP contribution in [0.2, 0.25) is 0 Å². The molecule has 80 valence electrons. The van der Waals surface area contributed by atoms with Gasteiger partial charge in [-0.25, -0.2) is 0 Å². The number of rotatable bonds is 6. The lowest BCUT2D eigenvalue weighted by molar-refractivity contribution is 0.0776. The van der Waals surface area contributed by atoms with Gasteiger partial charge < -0.3 is 9.52 Å². The summed E-state index contributed by atoms with van der Waals surface area (Å²) in [6.07, 6.45) is 5.63. The zero-order chi connectivity index (χ0) is 10.4. The molecule has 2 heteroatoms. The molecule has 0 radical (unpaired) electrons. The van der Waals surface area contributed by atoms with Gasteiger partial charge in [0.15, 0.2) is 0 Å². The first kappa shape index (κ1) is 11.3. The molecular weight excluding hydrogens is 176 g/mol. The van der Waals surface area contributed by atoms with Crippen LogP contribution < -0.4 is 0 Å². The van der Waals surface area contributed by atoms with Crippen LogP contribution in [0.5, 0.6) is 0 Å². The van der Waals surface area contributed by atoms with Crippen molar-refractivity contribution in [3.8, 4) is 0 Å². The predicted molar refractivity (Wildman–Crippen MR) is 57.0 cm³/mol. The van der Waals surface area contributed by atoms with Gasteiger partial charge in [-0.1, -0.05) is 33.1 Å². The third-order valence-electron chi connectivity index (χ3n) is 2.73. The number of unbranched alkanes of at least 4 members (excludes halogenated alkanes) is 1. The van der Waals surface area contributed by atoms with Crippen LogP contribution >= 0.6 is 0 Å². The van der Waals surface area contributed by atoms with Crippen molar-refractivity contribution in [1.82, 2.24) is 0 Å². The molecular formula is C12H20O2. The predicted octanol–water partition coefficient (Wildman–Crippen LogP) is 3.53. The molecule has 1 heterocycles. The lowest BCUT2D eigenvalue weighted by Crippen LogP contribution is -2.11. The summed E-state index contributed by atoms with van der Waals surface area (Å²) in [5.41, 5.74) is 0. The van der Waals surface area contributed by atoms with Crippen LogP contribution in [-0.2, 0) is 0 Å². The second-order valence-corrected chi connectivity index (χ2v) is 3.77. The summed E-state index contributed by atoms with van der Waals surface area (Å²) >= 11 is 0. The number of hydrogen-bond donors (Lipinski definition) is 1. The molecule has 0 fully saturated rings. The molecule has 0 aromatic carbocycles. The molecule has 0 aliphatic heterocycles. The van der Waals surface area contributed by atoms with Crippen LogP contribution in [0.4, 0.5) is 0 Å². The molecule has 0 spiro atoms. The maximum atomic E-state index is 10.0. The van der Waals surface area contributed by atoms with Gasteiger partial charge in [-0.3, -0.25) is 0 Å². The quantitative estimate of drug-likeness (QED) is 0.755. The monoisotopic (exact) mass is 196 g/mol. The summed E-state index contributed by atoms with van der Waals surface area (Å²) < 4.78 is 5.21. The highest BCUT2D eigenvalue weighted by Crippen LogP contribution is 2.28. The van der Waals surface area contributed by atoms with Gasteiger partial charge in [-0.15, -0.1) is 0 Å². The maximum Gasteiger partial charge on any atom is 0.132 e. The lowest BCUT2D eigenvalue weighted by atomic mass is 9.92. The number of aliphatic hydroxyl groups excluding tert-OH is 1. The average Bonchev–Trinajstić information content (AvgIpc) is 2.71. The van der Waals surface area contributed by atoms with Gasteiger partial charge in [-0.05, 0) is 24.5 Å². The first-order chi connectivity index (χ1) is 6.79. The Balaban J connectivity index is 2.51. The van der Waals surface area contributed by atoms with Crippen LogP contribution in [0.25, 0.3) is 0 Å². The molecule has 2 nitrogen and oxygen atoms in total. The third-order valence-corrected chi connectivity index (χ3v) is 2.73. The van der Waals surface area contributed by atoms with E-state index < -0.39 is 6.10 Å². The molecule has 1 aromatic heterocycles. The van der Waals surface area contributed by atoms with Gasteiger partial charge >= 0.3 is 0 Å². The minimum Gasteiger partial charge on any atom is -0.467 e. The van der Waals surface area contributed by atoms with E-state index in [1.54, 1.807) is 6.26 Å². The Kier molecular flexibility index (Phi) is 4.74. The van der Waals surface area contributed by atoms with Crippen molar-refractivity contribution >= 4 is 0 Å². The SMILES string of the molecule is CCCCC(CC)C(O)c1ccco1. The molecule has 0 amide bonds. The largest absolute Gasteiger partial charge is 0.467 e. The van der Waals surface area contributed by atoms with E-state index in [0.717, 1.165) is 12.8 Å². The molecule has 14 heavy (non-hydrogen) atoms. The van der Waals surface area contributed by atoms with E-state index in [-0.39, 0.29) is 0 Å². The molecule has 2 atom stereocenters. The van der Waals surface area contributed by atoms with Crippen LogP contribution in [0.1, 0.15) is 51.4 Å². The van der Waals surface area contributed by atoms with Gasteiger partial charge in [-0.2, -0.15) is 0 Å². The van der Waals surface area contributed by atoms with Gasteiger partial charge in [0.05, 0.1) is 6.26 Å². The Morgan fingerprint density at radius 1 is 1.43 bits per heavy atom. The van der Waals surface area contributed by atoms with Crippen molar-refractivity contribution in [2.75, 3.05) is 0 Å². The zero-order valence-electron chi connectivity index (χ0n) is 9.07. The third kappa shape index (κ3) is 2.88. The fourth-order valence-corrected chi connectivity index (χ4v) is 1.74. The van der Waals surface area contributed by atoms with E-state index in [9.17, 15) is 5.11 Å². The van der Waals surface area contributed by atoms with Gasteiger partial charge in [0.25, 0.3) is 0 Å². The summed E-state index contributed by atoms with van der Waals surface area (Å²) in [6, 6.07) is 3.67. The van der Waals surface area contributed by atoms with Gasteiger partial charge in [0, 0.05) is 0 Å². The molecule has 1 N–H and O–H groups in total. The standard InChI is InChI=1S/C12H20O2/c1-3-5-7-10(4-2)12(13)11-8-6-9-14-11/h6,8-10,12-13H,3-5,7H2,1-2H3. The van der Waals surface area contributed by atoms with Gasteiger partial charge in [0.1, 0.15) is 11.9 Å². The van der Waals surface area contributed by atoms with Crippen molar-refractivity contribution in [2.45, 2.75) is 45.6 Å². The van der Waals surface area contributed by atoms with Crippen molar-refractivity contribution in [3.63, 3.8) is 0 Å². The second-order valence-electron chi connectivity index (χ2n) is 3.77. The van der Waals surface area contributed by atoms with Crippen molar-refractivity contribution in [1.29, 1.82) is 0 Å². The zero-order valence-corrected chi connectivity index (χ0v) is 9.07. The minimum absolute atomic E-state index is 0.334. The Bertz CT molecular complexity index is 228. The van der Waals surface area contributed by atoms with Crippen LogP contribution in [0.3, 0.4) is 0 Å². The number of aliphatic hydroxyl groups is 1. The summed E-state index contributed by atoms with van der Waals surface area (Å²) in [5, 5.41) is 10.0. The molecule has 1 aromatic rings. The van der Waals surface area contributed by atoms with Crippen molar-refractivity contribution < 1.29 is 9.52 Å². The van der Waals surface area contributed by atoms with Gasteiger partial charge in [0.2, 0.25) is 0 Å². The Morgan fingerprint density at radius 3 is 2.71 bits per heavy atom. The fourth-order valence-electron chi connectivity index (χ4n) is 1.74. The number of hydrogen-bond acceptors (Lipinski definition) is 2. The summed E-state index contributed by atoms with van der Waals surface area (Å²) in [5.74, 6) is 1.04. The van der Waals surface area contributed by atoms with E-state index in [2.05, 4.69) is 13.8 Å². The van der Waals surface area contributed by atoms with Crippen LogP contribution in [0.15, 0.2) is 22.8 Å². The van der Waals surface area contributed by atoms with Crippen LogP contribution in [0, 0.1) is 5.92 Å². The topological polar surface area (TPSA) is 33.4 Å². The normalized spacial score (nSPS) is 15.4. The van der Waals surface area contributed by atoms with E-state index in [4.69, 9.17) is 4.42 Å². The molecule has 2 unspecified atom stereocenters. The van der Waals surface area contributed by atoms with E-state index >= 15 is 0 Å². The molecule has 0 bridgehead atoms. The molecule has 1 rings (SSSR count). The van der Waals surface area contributed by atoms with Crippen LogP contribution in [-0.4, -0.2) is 5.11 Å². The molecule has 0 aliphatic carbocycles. The summed E-state index contributed by atoms with van der Waals surface area (Å²) in [7, 11) is 0. The highest BCUT2D eigenvalue weighted by molar-refractivity contribution is 5.03. The average molecular weight is 196 g/mol. The van der Waals surface area contributed by atoms with E-state index in [1.165, 1.54) is 12.8 Å². The molecule has 0 saturated carbocycles. The number of furan rings is 1. The molecule has 0 saturated heterocycles. The Hall–Kier alpha value is -0.760. The highest BCUT2D eigenvalue weighted by atomic mass is 16.4. The minimum atomic E-state index is -0.429. The Morgan fingerprint density at radius 2 is 2.21 bits per heavy atom. The Labute approximate surface area is 85.9 Å². The maximum absolute atomic E-state index is 10.0. The highest BCUT2D eigenvalue weighted by Gasteiger charge is 2.20. The lowest BCUT2D eigenvalue weighted by Gasteiger charge is -2.19. The first-order valence-corrected chi connectivity index (χ1v) is 5.51. The fraction of sp³-hybridized carbons (Fsp3) is 0.667. The summed E-state index contributed by atoms with van der Waals surface area (Å²) in [4.78, 5) is 0. The van der Waals surface area contributed by atoms with E-state index in [1.807, 2.05) is 12.1 Å². The molecule has 0 aliphatic rings. The van der Waals surface area contributed by atoms with E-state index in [0.29, 0.717) is 11.7 Å². The first-order valence-electron chi connectivity index (χ1n) is 5.51. The summed E-state index contributed by atoms with van der Waals surface area (Å²) in [6.45, 7) is 4.29. The smallest absolute Gasteiger partial charge is 0.132 e. The van der Waals surface area contributed by atoms with Crippen molar-refractivity contribution in [2.24, 2.45) is 5.92 Å².